The highest BCUT2D eigenvalue weighted by molar-refractivity contribution is 5.56. The molecule has 0 heterocycles. The summed E-state index contributed by atoms with van der Waals surface area (Å²) in [6.45, 7) is 6.26. The van der Waals surface area contributed by atoms with Crippen molar-refractivity contribution in [1.82, 2.24) is 0 Å². The number of carbonyl (C=O) groups is 1. The Morgan fingerprint density at radius 1 is 1.11 bits per heavy atom. The van der Waals surface area contributed by atoms with E-state index in [0.29, 0.717) is 26.2 Å². The van der Waals surface area contributed by atoms with E-state index in [2.05, 4.69) is 11.7 Å². The standard InChI is InChI=1S/C13H26O5/c1-3-5-7-12(17-11-10-16-4-2)8-6-9-18-13(14)15/h12H,3-11H2,1-2H3,(H,14,15). The molecule has 1 N–H and O–H groups in total. The number of unbranched alkanes of at least 4 members (excludes halogenated alkanes) is 1. The molecule has 1 unspecified atom stereocenters. The van der Waals surface area contributed by atoms with Crippen molar-refractivity contribution in [2.24, 2.45) is 0 Å². The number of rotatable bonds is 12. The summed E-state index contributed by atoms with van der Waals surface area (Å²) >= 11 is 0. The highest BCUT2D eigenvalue weighted by Crippen LogP contribution is 2.11. The van der Waals surface area contributed by atoms with Gasteiger partial charge in [-0.3, -0.25) is 0 Å². The predicted octanol–water partition coefficient (Wildman–Crippen LogP) is 3.07. The monoisotopic (exact) mass is 262 g/mol. The van der Waals surface area contributed by atoms with Crippen LogP contribution in [0, 0.1) is 0 Å². The van der Waals surface area contributed by atoms with Gasteiger partial charge in [0.05, 0.1) is 25.9 Å². The normalized spacial score (nSPS) is 12.3. The lowest BCUT2D eigenvalue weighted by atomic mass is 10.1. The highest BCUT2D eigenvalue weighted by Gasteiger charge is 2.09. The zero-order chi connectivity index (χ0) is 13.6. The maximum absolute atomic E-state index is 10.2. The molecule has 0 spiro atoms. The molecule has 1 atom stereocenters. The van der Waals surface area contributed by atoms with Crippen LogP contribution in [0.1, 0.15) is 46.0 Å². The van der Waals surface area contributed by atoms with Gasteiger partial charge in [0, 0.05) is 6.61 Å². The van der Waals surface area contributed by atoms with Crippen molar-refractivity contribution in [2.45, 2.75) is 52.1 Å². The molecule has 5 heteroatoms. The van der Waals surface area contributed by atoms with Gasteiger partial charge in [-0.1, -0.05) is 19.8 Å². The van der Waals surface area contributed by atoms with E-state index in [-0.39, 0.29) is 12.7 Å². The zero-order valence-electron chi connectivity index (χ0n) is 11.5. The van der Waals surface area contributed by atoms with Gasteiger partial charge < -0.3 is 19.3 Å². The fraction of sp³-hybridized carbons (Fsp3) is 0.923. The smallest absolute Gasteiger partial charge is 0.450 e. The van der Waals surface area contributed by atoms with Crippen molar-refractivity contribution in [3.63, 3.8) is 0 Å². The van der Waals surface area contributed by atoms with Crippen molar-refractivity contribution in [2.75, 3.05) is 26.4 Å². The van der Waals surface area contributed by atoms with Crippen molar-refractivity contribution in [3.8, 4) is 0 Å². The number of hydrogen-bond acceptors (Lipinski definition) is 4. The van der Waals surface area contributed by atoms with E-state index >= 15 is 0 Å². The molecular formula is C13H26O5. The molecule has 0 saturated carbocycles. The summed E-state index contributed by atoms with van der Waals surface area (Å²) < 4.78 is 15.4. The molecule has 0 aromatic heterocycles. The molecule has 5 nitrogen and oxygen atoms in total. The van der Waals surface area contributed by atoms with Crippen molar-refractivity contribution >= 4 is 6.16 Å². The van der Waals surface area contributed by atoms with Crippen LogP contribution in [-0.4, -0.2) is 43.8 Å². The average Bonchev–Trinajstić information content (AvgIpc) is 2.35. The molecule has 0 aliphatic carbocycles. The molecule has 0 rings (SSSR count). The third-order valence-corrected chi connectivity index (χ3v) is 2.56. The minimum absolute atomic E-state index is 0.183. The molecular weight excluding hydrogens is 236 g/mol. The van der Waals surface area contributed by atoms with Crippen LogP contribution < -0.4 is 0 Å². The van der Waals surface area contributed by atoms with Crippen LogP contribution in [-0.2, 0) is 14.2 Å². The quantitative estimate of drug-likeness (QED) is 0.432. The molecule has 0 fully saturated rings. The number of carboxylic acid groups (broad SMARTS) is 1. The lowest BCUT2D eigenvalue weighted by Crippen LogP contribution is -2.17. The lowest BCUT2D eigenvalue weighted by molar-refractivity contribution is -0.00411. The van der Waals surface area contributed by atoms with Crippen molar-refractivity contribution < 1.29 is 24.1 Å². The Bertz CT molecular complexity index is 196. The van der Waals surface area contributed by atoms with E-state index < -0.39 is 6.16 Å². The van der Waals surface area contributed by atoms with Crippen LogP contribution in [0.25, 0.3) is 0 Å². The van der Waals surface area contributed by atoms with E-state index in [1.807, 2.05) is 6.92 Å². The molecule has 0 aliphatic heterocycles. The average molecular weight is 262 g/mol. The second-order valence-electron chi connectivity index (χ2n) is 4.09. The SMILES string of the molecule is CCCCC(CCCOC(=O)O)OCCOCC. The van der Waals surface area contributed by atoms with Gasteiger partial charge in [-0.25, -0.2) is 4.79 Å². The number of ether oxygens (including phenoxy) is 3. The van der Waals surface area contributed by atoms with Gasteiger partial charge in [-0.05, 0) is 26.2 Å². The van der Waals surface area contributed by atoms with Gasteiger partial charge in [0.15, 0.2) is 0 Å². The minimum Gasteiger partial charge on any atom is -0.450 e. The first-order valence-corrected chi connectivity index (χ1v) is 6.75. The van der Waals surface area contributed by atoms with Gasteiger partial charge in [-0.15, -0.1) is 0 Å². The Kier molecular flexibility index (Phi) is 12.1. The molecule has 0 amide bonds. The Labute approximate surface area is 109 Å². The Hall–Kier alpha value is -0.810. The van der Waals surface area contributed by atoms with E-state index in [1.165, 1.54) is 0 Å². The molecule has 0 aliphatic rings. The molecule has 0 saturated heterocycles. The summed E-state index contributed by atoms with van der Waals surface area (Å²) in [7, 11) is 0. The first-order valence-electron chi connectivity index (χ1n) is 6.75. The third kappa shape index (κ3) is 11.7. The molecule has 18 heavy (non-hydrogen) atoms. The fourth-order valence-corrected chi connectivity index (χ4v) is 1.63. The van der Waals surface area contributed by atoms with Gasteiger partial charge in [0.25, 0.3) is 0 Å². The first-order chi connectivity index (χ1) is 8.70. The van der Waals surface area contributed by atoms with Crippen LogP contribution in [0.3, 0.4) is 0 Å². The van der Waals surface area contributed by atoms with E-state index in [0.717, 1.165) is 25.7 Å². The summed E-state index contributed by atoms with van der Waals surface area (Å²) in [5.41, 5.74) is 0. The Balaban J connectivity index is 3.65. The van der Waals surface area contributed by atoms with Crippen LogP contribution in [0.5, 0.6) is 0 Å². The lowest BCUT2D eigenvalue weighted by Gasteiger charge is -2.17. The fourth-order valence-electron chi connectivity index (χ4n) is 1.63. The van der Waals surface area contributed by atoms with Crippen molar-refractivity contribution in [3.05, 3.63) is 0 Å². The largest absolute Gasteiger partial charge is 0.505 e. The molecule has 0 aromatic carbocycles. The van der Waals surface area contributed by atoms with Gasteiger partial charge in [0.1, 0.15) is 0 Å². The molecule has 0 radical (unpaired) electrons. The molecule has 0 aromatic rings. The molecule has 0 bridgehead atoms. The van der Waals surface area contributed by atoms with Gasteiger partial charge >= 0.3 is 6.16 Å². The third-order valence-electron chi connectivity index (χ3n) is 2.56. The first kappa shape index (κ1) is 17.2. The second-order valence-corrected chi connectivity index (χ2v) is 4.09. The van der Waals surface area contributed by atoms with Gasteiger partial charge in [-0.2, -0.15) is 0 Å². The minimum atomic E-state index is -1.21. The second kappa shape index (κ2) is 12.6. The van der Waals surface area contributed by atoms with Crippen molar-refractivity contribution in [1.29, 1.82) is 0 Å². The van der Waals surface area contributed by atoms with E-state index in [4.69, 9.17) is 14.6 Å². The molecule has 108 valence electrons. The van der Waals surface area contributed by atoms with Gasteiger partial charge in [0.2, 0.25) is 0 Å². The predicted molar refractivity (Wildman–Crippen MR) is 69.0 cm³/mol. The summed E-state index contributed by atoms with van der Waals surface area (Å²) in [5.74, 6) is 0. The maximum Gasteiger partial charge on any atom is 0.505 e. The summed E-state index contributed by atoms with van der Waals surface area (Å²) in [6.07, 6.45) is 3.78. The van der Waals surface area contributed by atoms with E-state index in [1.54, 1.807) is 0 Å². The van der Waals surface area contributed by atoms with Crippen LogP contribution in [0.15, 0.2) is 0 Å². The number of hydrogen-bond donors (Lipinski definition) is 1. The highest BCUT2D eigenvalue weighted by atomic mass is 16.7. The summed E-state index contributed by atoms with van der Waals surface area (Å²) in [6, 6.07) is 0. The van der Waals surface area contributed by atoms with Crippen LogP contribution >= 0.6 is 0 Å². The Morgan fingerprint density at radius 2 is 1.83 bits per heavy atom. The summed E-state index contributed by atoms with van der Waals surface area (Å²) in [4.78, 5) is 10.2. The Morgan fingerprint density at radius 3 is 2.44 bits per heavy atom. The van der Waals surface area contributed by atoms with Crippen LogP contribution in [0.4, 0.5) is 4.79 Å². The maximum atomic E-state index is 10.2. The topological polar surface area (TPSA) is 65.0 Å². The summed E-state index contributed by atoms with van der Waals surface area (Å²) in [5, 5.41) is 8.35. The van der Waals surface area contributed by atoms with Crippen LogP contribution in [0.2, 0.25) is 0 Å². The van der Waals surface area contributed by atoms with E-state index in [9.17, 15) is 4.79 Å². The zero-order valence-corrected chi connectivity index (χ0v) is 11.5.